The molecular weight excluding hydrogens is 462 g/mol. The third-order valence-electron chi connectivity index (χ3n) is 5.75. The lowest BCUT2D eigenvalue weighted by atomic mass is 9.97. The van der Waals surface area contributed by atoms with E-state index in [1.165, 1.54) is 4.90 Å². The summed E-state index contributed by atoms with van der Waals surface area (Å²) in [6, 6.07) is 15.9. The van der Waals surface area contributed by atoms with Crippen molar-refractivity contribution in [2.24, 2.45) is 0 Å². The first-order valence-corrected chi connectivity index (χ1v) is 12.1. The molecule has 6 nitrogen and oxygen atoms in total. The molecule has 0 aliphatic carbocycles. The molecule has 0 radical (unpaired) electrons. The Morgan fingerprint density at radius 2 is 1.44 bits per heavy atom. The molecule has 0 saturated carbocycles. The molecule has 0 atom stereocenters. The molecule has 1 aliphatic heterocycles. The van der Waals surface area contributed by atoms with Crippen molar-refractivity contribution in [1.82, 2.24) is 9.21 Å². The van der Waals surface area contributed by atoms with E-state index in [4.69, 9.17) is 0 Å². The van der Waals surface area contributed by atoms with E-state index < -0.39 is 26.6 Å². The van der Waals surface area contributed by atoms with Gasteiger partial charge in [0.05, 0.1) is 5.56 Å². The number of nitrogens with zero attached hydrogens (tertiary/aromatic N) is 2. The molecule has 3 aromatic rings. The molecule has 1 saturated heterocycles. The zero-order valence-electron chi connectivity index (χ0n) is 18.4. The molecule has 0 unspecified atom stereocenters. The van der Waals surface area contributed by atoms with Crippen molar-refractivity contribution in [2.45, 2.75) is 11.8 Å². The number of ketones is 1. The molecule has 3 aromatic carbocycles. The Morgan fingerprint density at radius 3 is 2.06 bits per heavy atom. The average Bonchev–Trinajstić information content (AvgIpc) is 2.83. The van der Waals surface area contributed by atoms with E-state index in [1.54, 1.807) is 36.4 Å². The molecule has 1 fully saturated rings. The van der Waals surface area contributed by atoms with Crippen LogP contribution in [0, 0.1) is 18.6 Å². The number of sulfonamides is 1. The second kappa shape index (κ2) is 9.44. The molecule has 1 heterocycles. The Kier molecular flexibility index (Phi) is 6.58. The maximum atomic E-state index is 14.1. The number of benzene rings is 3. The molecule has 0 N–H and O–H groups in total. The molecule has 9 heteroatoms. The quantitative estimate of drug-likeness (QED) is 0.518. The SMILES string of the molecule is Cc1ccc(C(=O)c2ccccc2C(=O)N2CCN(S(=O)(=O)c3ccc(F)cc3F)CC2)cc1. The summed E-state index contributed by atoms with van der Waals surface area (Å²) >= 11 is 0. The minimum Gasteiger partial charge on any atom is -0.336 e. The van der Waals surface area contributed by atoms with Gasteiger partial charge in [-0.05, 0) is 25.1 Å². The van der Waals surface area contributed by atoms with Crippen LogP contribution in [0.3, 0.4) is 0 Å². The molecule has 0 bridgehead atoms. The van der Waals surface area contributed by atoms with E-state index in [0.29, 0.717) is 11.6 Å². The Balaban J connectivity index is 1.51. The van der Waals surface area contributed by atoms with Crippen LogP contribution in [0.2, 0.25) is 0 Å². The third kappa shape index (κ3) is 4.62. The predicted molar refractivity (Wildman–Crippen MR) is 122 cm³/mol. The molecule has 34 heavy (non-hydrogen) atoms. The van der Waals surface area contributed by atoms with Crippen LogP contribution in [0.5, 0.6) is 0 Å². The minimum absolute atomic E-state index is 0.0566. The van der Waals surface area contributed by atoms with Gasteiger partial charge >= 0.3 is 0 Å². The monoisotopic (exact) mass is 484 g/mol. The van der Waals surface area contributed by atoms with Crippen LogP contribution in [-0.2, 0) is 10.0 Å². The summed E-state index contributed by atoms with van der Waals surface area (Å²) in [4.78, 5) is 27.1. The highest BCUT2D eigenvalue weighted by atomic mass is 32.2. The Bertz CT molecular complexity index is 1350. The summed E-state index contributed by atoms with van der Waals surface area (Å²) in [6.07, 6.45) is 0. The zero-order valence-corrected chi connectivity index (χ0v) is 19.2. The number of piperazine rings is 1. The number of hydrogen-bond donors (Lipinski definition) is 0. The van der Waals surface area contributed by atoms with E-state index in [-0.39, 0.29) is 49.0 Å². The van der Waals surface area contributed by atoms with Gasteiger partial charge in [-0.25, -0.2) is 17.2 Å². The second-order valence-corrected chi connectivity index (χ2v) is 9.92. The lowest BCUT2D eigenvalue weighted by molar-refractivity contribution is 0.0694. The maximum absolute atomic E-state index is 14.1. The Morgan fingerprint density at radius 1 is 0.824 bits per heavy atom. The fraction of sp³-hybridized carbons (Fsp3) is 0.200. The van der Waals surface area contributed by atoms with Crippen LogP contribution in [-0.4, -0.2) is 55.5 Å². The van der Waals surface area contributed by atoms with Crippen LogP contribution in [0.1, 0.15) is 31.8 Å². The third-order valence-corrected chi connectivity index (χ3v) is 7.69. The van der Waals surface area contributed by atoms with Crippen LogP contribution >= 0.6 is 0 Å². The molecule has 4 rings (SSSR count). The van der Waals surface area contributed by atoms with Crippen molar-refractivity contribution in [1.29, 1.82) is 0 Å². The first-order chi connectivity index (χ1) is 16.2. The fourth-order valence-electron chi connectivity index (χ4n) is 3.85. The van der Waals surface area contributed by atoms with Crippen molar-refractivity contribution >= 4 is 21.7 Å². The van der Waals surface area contributed by atoms with Gasteiger partial charge in [0.15, 0.2) is 5.78 Å². The Hall–Kier alpha value is -3.43. The highest BCUT2D eigenvalue weighted by molar-refractivity contribution is 7.89. The van der Waals surface area contributed by atoms with Gasteiger partial charge < -0.3 is 4.90 Å². The Labute approximate surface area is 196 Å². The van der Waals surface area contributed by atoms with Crippen LogP contribution in [0.15, 0.2) is 71.6 Å². The maximum Gasteiger partial charge on any atom is 0.254 e. The first kappa shape index (κ1) is 23.7. The summed E-state index contributed by atoms with van der Waals surface area (Å²) in [7, 11) is -4.18. The summed E-state index contributed by atoms with van der Waals surface area (Å²) in [6.45, 7) is 1.93. The predicted octanol–water partition coefficient (Wildman–Crippen LogP) is 3.65. The second-order valence-electron chi connectivity index (χ2n) is 8.01. The standard InChI is InChI=1S/C25H22F2N2O4S/c1-17-6-8-18(9-7-17)24(30)20-4-2-3-5-21(20)25(31)28-12-14-29(15-13-28)34(32,33)23-11-10-19(26)16-22(23)27/h2-11,16H,12-15H2,1H3. The summed E-state index contributed by atoms with van der Waals surface area (Å²) in [5.74, 6) is -2.70. The number of amides is 1. The van der Waals surface area contributed by atoms with E-state index in [9.17, 15) is 26.8 Å². The van der Waals surface area contributed by atoms with Gasteiger partial charge in [-0.3, -0.25) is 9.59 Å². The molecule has 1 amide bonds. The van der Waals surface area contributed by atoms with Gasteiger partial charge in [0.2, 0.25) is 10.0 Å². The van der Waals surface area contributed by atoms with Crippen molar-refractivity contribution in [3.8, 4) is 0 Å². The summed E-state index contributed by atoms with van der Waals surface area (Å²) in [5, 5.41) is 0. The summed E-state index contributed by atoms with van der Waals surface area (Å²) in [5.41, 5.74) is 1.96. The summed E-state index contributed by atoms with van der Waals surface area (Å²) < 4.78 is 53.9. The first-order valence-electron chi connectivity index (χ1n) is 10.6. The smallest absolute Gasteiger partial charge is 0.254 e. The zero-order chi connectivity index (χ0) is 24.5. The van der Waals surface area contributed by atoms with Crippen LogP contribution in [0.4, 0.5) is 8.78 Å². The molecule has 1 aliphatic rings. The van der Waals surface area contributed by atoms with Gasteiger partial charge in [-0.1, -0.05) is 48.0 Å². The van der Waals surface area contributed by atoms with Gasteiger partial charge in [0, 0.05) is 43.4 Å². The van der Waals surface area contributed by atoms with Crippen molar-refractivity contribution in [2.75, 3.05) is 26.2 Å². The fourth-order valence-corrected chi connectivity index (χ4v) is 5.32. The van der Waals surface area contributed by atoms with E-state index in [0.717, 1.165) is 22.0 Å². The molecule has 0 spiro atoms. The van der Waals surface area contributed by atoms with Crippen LogP contribution < -0.4 is 0 Å². The minimum atomic E-state index is -4.18. The molecule has 0 aromatic heterocycles. The lowest BCUT2D eigenvalue weighted by Crippen LogP contribution is -2.50. The molecular formula is C25H22F2N2O4S. The number of carbonyl (C=O) groups excluding carboxylic acids is 2. The van der Waals surface area contributed by atoms with E-state index in [2.05, 4.69) is 0 Å². The van der Waals surface area contributed by atoms with Gasteiger partial charge in [-0.2, -0.15) is 4.31 Å². The number of hydrogen-bond acceptors (Lipinski definition) is 4. The number of carbonyl (C=O) groups is 2. The van der Waals surface area contributed by atoms with Crippen molar-refractivity contribution in [3.63, 3.8) is 0 Å². The number of halogens is 2. The van der Waals surface area contributed by atoms with E-state index >= 15 is 0 Å². The topological polar surface area (TPSA) is 74.8 Å². The number of aryl methyl sites for hydroxylation is 1. The van der Waals surface area contributed by atoms with E-state index in [1.807, 2.05) is 19.1 Å². The van der Waals surface area contributed by atoms with Gasteiger partial charge in [-0.15, -0.1) is 0 Å². The highest BCUT2D eigenvalue weighted by Crippen LogP contribution is 2.23. The average molecular weight is 485 g/mol. The normalized spacial score (nSPS) is 14.7. The number of rotatable bonds is 5. The van der Waals surface area contributed by atoms with Crippen LogP contribution in [0.25, 0.3) is 0 Å². The van der Waals surface area contributed by atoms with Crippen molar-refractivity contribution in [3.05, 3.63) is 101 Å². The molecule has 176 valence electrons. The lowest BCUT2D eigenvalue weighted by Gasteiger charge is -2.34. The largest absolute Gasteiger partial charge is 0.336 e. The van der Waals surface area contributed by atoms with Crippen molar-refractivity contribution < 1.29 is 26.8 Å². The van der Waals surface area contributed by atoms with Gasteiger partial charge in [0.1, 0.15) is 16.5 Å². The highest BCUT2D eigenvalue weighted by Gasteiger charge is 2.33. The van der Waals surface area contributed by atoms with Gasteiger partial charge in [0.25, 0.3) is 5.91 Å².